The van der Waals surface area contributed by atoms with E-state index >= 15 is 0 Å². The number of thioether (sulfide) groups is 1. The molecule has 1 heterocycles. The molecule has 5 nitrogen and oxygen atoms in total. The zero-order chi connectivity index (χ0) is 19.4. The summed E-state index contributed by atoms with van der Waals surface area (Å²) in [6.07, 6.45) is 6.48. The molecule has 27 heavy (non-hydrogen) atoms. The van der Waals surface area contributed by atoms with Gasteiger partial charge in [0.2, 0.25) is 5.91 Å². The number of carbonyl (C=O) groups excluding carboxylic acids is 1. The normalized spacial score (nSPS) is 15.8. The van der Waals surface area contributed by atoms with E-state index in [0.29, 0.717) is 18.2 Å². The Morgan fingerprint density at radius 3 is 2.41 bits per heavy atom. The van der Waals surface area contributed by atoms with Crippen LogP contribution in [0.25, 0.3) is 11.4 Å². The van der Waals surface area contributed by atoms with Gasteiger partial charge in [0, 0.05) is 23.8 Å². The number of primary amides is 1. The quantitative estimate of drug-likeness (QED) is 0.729. The van der Waals surface area contributed by atoms with Crippen molar-refractivity contribution in [2.24, 2.45) is 5.73 Å². The molecule has 0 saturated heterocycles. The van der Waals surface area contributed by atoms with Crippen molar-refractivity contribution >= 4 is 17.7 Å². The van der Waals surface area contributed by atoms with E-state index in [9.17, 15) is 4.79 Å². The van der Waals surface area contributed by atoms with Gasteiger partial charge in [-0.2, -0.15) is 0 Å². The molecule has 1 aliphatic carbocycles. The third-order valence-corrected chi connectivity index (χ3v) is 6.14. The second-order valence-electron chi connectivity index (χ2n) is 8.36. The first-order valence-electron chi connectivity index (χ1n) is 9.83. The lowest BCUT2D eigenvalue weighted by molar-refractivity contribution is -0.117. The molecule has 0 spiro atoms. The summed E-state index contributed by atoms with van der Waals surface area (Å²) in [6, 6.07) is 9.12. The largest absolute Gasteiger partial charge is 0.370 e. The standard InChI is InChI=1S/C21H30N4OS/c1-21(2,3)16-11-9-15(10-12-16)19-23-24-20(27-14-13-18(22)26)25(19)17-7-5-4-6-8-17/h9-12,17H,4-8,13-14H2,1-3H3,(H2,22,26). The third-order valence-electron chi connectivity index (χ3n) is 5.19. The summed E-state index contributed by atoms with van der Waals surface area (Å²) in [4.78, 5) is 11.1. The Bertz CT molecular complexity index is 770. The highest BCUT2D eigenvalue weighted by Crippen LogP contribution is 2.36. The zero-order valence-electron chi connectivity index (χ0n) is 16.6. The lowest BCUT2D eigenvalue weighted by atomic mass is 9.86. The van der Waals surface area contributed by atoms with Crippen LogP contribution >= 0.6 is 11.8 Å². The van der Waals surface area contributed by atoms with Crippen molar-refractivity contribution in [1.82, 2.24) is 14.8 Å². The maximum Gasteiger partial charge on any atom is 0.218 e. The van der Waals surface area contributed by atoms with E-state index in [1.165, 1.54) is 24.8 Å². The second kappa shape index (κ2) is 8.46. The summed E-state index contributed by atoms with van der Waals surface area (Å²) in [7, 11) is 0. The number of benzene rings is 1. The highest BCUT2D eigenvalue weighted by molar-refractivity contribution is 7.99. The van der Waals surface area contributed by atoms with Gasteiger partial charge in [-0.25, -0.2) is 0 Å². The Hall–Kier alpha value is -1.82. The van der Waals surface area contributed by atoms with Crippen LogP contribution in [0.4, 0.5) is 0 Å². The molecule has 0 atom stereocenters. The maximum atomic E-state index is 11.1. The van der Waals surface area contributed by atoms with E-state index in [0.717, 1.165) is 29.4 Å². The lowest BCUT2D eigenvalue weighted by Crippen LogP contribution is -2.16. The van der Waals surface area contributed by atoms with E-state index < -0.39 is 0 Å². The number of aromatic nitrogens is 3. The van der Waals surface area contributed by atoms with Crippen molar-refractivity contribution in [1.29, 1.82) is 0 Å². The summed E-state index contributed by atoms with van der Waals surface area (Å²) in [5.74, 6) is 1.30. The van der Waals surface area contributed by atoms with Gasteiger partial charge in [-0.1, -0.05) is 76.1 Å². The van der Waals surface area contributed by atoms with Crippen molar-refractivity contribution in [2.45, 2.75) is 75.9 Å². The number of nitrogens with two attached hydrogens (primary N) is 1. The van der Waals surface area contributed by atoms with Gasteiger partial charge in [0.05, 0.1) is 0 Å². The lowest BCUT2D eigenvalue weighted by Gasteiger charge is -2.26. The number of rotatable bonds is 6. The molecule has 3 rings (SSSR count). The topological polar surface area (TPSA) is 73.8 Å². The van der Waals surface area contributed by atoms with Gasteiger partial charge < -0.3 is 5.73 Å². The van der Waals surface area contributed by atoms with Gasteiger partial charge in [-0.05, 0) is 23.8 Å². The number of amides is 1. The minimum Gasteiger partial charge on any atom is -0.370 e. The molecule has 2 aromatic rings. The molecule has 1 aromatic carbocycles. The van der Waals surface area contributed by atoms with Crippen LogP contribution in [0.2, 0.25) is 0 Å². The number of hydrogen-bond acceptors (Lipinski definition) is 4. The molecule has 1 saturated carbocycles. The minimum absolute atomic E-state index is 0.130. The highest BCUT2D eigenvalue weighted by atomic mass is 32.2. The van der Waals surface area contributed by atoms with Crippen molar-refractivity contribution in [3.8, 4) is 11.4 Å². The summed E-state index contributed by atoms with van der Waals surface area (Å²) < 4.78 is 2.30. The van der Waals surface area contributed by atoms with Crippen molar-refractivity contribution in [2.75, 3.05) is 5.75 Å². The first-order valence-corrected chi connectivity index (χ1v) is 10.8. The molecule has 0 aliphatic heterocycles. The van der Waals surface area contributed by atoms with Gasteiger partial charge in [0.15, 0.2) is 11.0 Å². The number of carbonyl (C=O) groups is 1. The highest BCUT2D eigenvalue weighted by Gasteiger charge is 2.24. The van der Waals surface area contributed by atoms with Crippen LogP contribution in [0.3, 0.4) is 0 Å². The van der Waals surface area contributed by atoms with Gasteiger partial charge in [-0.3, -0.25) is 9.36 Å². The summed E-state index contributed by atoms with van der Waals surface area (Å²) in [6.45, 7) is 6.67. The first kappa shape index (κ1) is 19.9. The molecule has 6 heteroatoms. The second-order valence-corrected chi connectivity index (χ2v) is 9.42. The van der Waals surface area contributed by atoms with Crippen LogP contribution in [-0.4, -0.2) is 26.4 Å². The predicted octanol–water partition coefficient (Wildman–Crippen LogP) is 4.72. The van der Waals surface area contributed by atoms with E-state index in [1.807, 2.05) is 0 Å². The fourth-order valence-corrected chi connectivity index (χ4v) is 4.56. The van der Waals surface area contributed by atoms with E-state index in [4.69, 9.17) is 5.73 Å². The summed E-state index contributed by atoms with van der Waals surface area (Å²) in [5.41, 5.74) is 7.83. The van der Waals surface area contributed by atoms with E-state index in [-0.39, 0.29) is 11.3 Å². The Kier molecular flexibility index (Phi) is 6.25. The van der Waals surface area contributed by atoms with Crippen molar-refractivity contribution in [3.05, 3.63) is 29.8 Å². The number of nitrogens with zero attached hydrogens (tertiary/aromatic N) is 3. The van der Waals surface area contributed by atoms with Gasteiger partial charge in [0.1, 0.15) is 0 Å². The Morgan fingerprint density at radius 2 is 1.81 bits per heavy atom. The molecule has 0 unspecified atom stereocenters. The molecule has 1 aliphatic rings. The molecule has 146 valence electrons. The first-order chi connectivity index (χ1) is 12.9. The SMILES string of the molecule is CC(C)(C)c1ccc(-c2nnc(SCCC(N)=O)n2C2CCCCC2)cc1. The molecular formula is C21H30N4OS. The van der Waals surface area contributed by atoms with Crippen LogP contribution in [0.5, 0.6) is 0 Å². The molecule has 2 N–H and O–H groups in total. The van der Waals surface area contributed by atoms with Crippen LogP contribution in [0.15, 0.2) is 29.4 Å². The Labute approximate surface area is 166 Å². The zero-order valence-corrected chi connectivity index (χ0v) is 17.4. The summed E-state index contributed by atoms with van der Waals surface area (Å²) in [5, 5.41) is 9.89. The Balaban J connectivity index is 1.91. The number of hydrogen-bond donors (Lipinski definition) is 1. The molecular weight excluding hydrogens is 356 g/mol. The molecule has 1 fully saturated rings. The average Bonchev–Trinajstić information content (AvgIpc) is 3.05. The predicted molar refractivity (Wildman–Crippen MR) is 111 cm³/mol. The van der Waals surface area contributed by atoms with Gasteiger partial charge in [0.25, 0.3) is 0 Å². The Morgan fingerprint density at radius 1 is 1.15 bits per heavy atom. The fourth-order valence-electron chi connectivity index (χ4n) is 3.60. The van der Waals surface area contributed by atoms with Crippen LogP contribution in [0.1, 0.15) is 70.9 Å². The smallest absolute Gasteiger partial charge is 0.218 e. The van der Waals surface area contributed by atoms with Crippen LogP contribution < -0.4 is 5.73 Å². The van der Waals surface area contributed by atoms with Gasteiger partial charge >= 0.3 is 0 Å². The molecule has 1 aromatic heterocycles. The molecule has 1 amide bonds. The third kappa shape index (κ3) is 4.92. The van der Waals surface area contributed by atoms with Crippen molar-refractivity contribution in [3.63, 3.8) is 0 Å². The molecule has 0 radical (unpaired) electrons. The van der Waals surface area contributed by atoms with E-state index in [1.54, 1.807) is 11.8 Å². The van der Waals surface area contributed by atoms with Crippen molar-refractivity contribution < 1.29 is 4.79 Å². The van der Waals surface area contributed by atoms with E-state index in [2.05, 4.69) is 59.8 Å². The van der Waals surface area contributed by atoms with Crippen LogP contribution in [-0.2, 0) is 10.2 Å². The average molecular weight is 387 g/mol. The van der Waals surface area contributed by atoms with Crippen LogP contribution in [0, 0.1) is 0 Å². The fraction of sp³-hybridized carbons (Fsp3) is 0.571. The molecule has 0 bridgehead atoms. The minimum atomic E-state index is -0.274. The monoisotopic (exact) mass is 386 g/mol. The van der Waals surface area contributed by atoms with Gasteiger partial charge in [-0.15, -0.1) is 10.2 Å². The maximum absolute atomic E-state index is 11.1. The summed E-state index contributed by atoms with van der Waals surface area (Å²) >= 11 is 1.58.